The molecule has 0 saturated carbocycles. The first kappa shape index (κ1) is 14.7. The van der Waals surface area contributed by atoms with Crippen LogP contribution in [0.1, 0.15) is 28.2 Å². The first-order valence-electron chi connectivity index (χ1n) is 5.78. The monoisotopic (exact) mass is 354 g/mol. The summed E-state index contributed by atoms with van der Waals surface area (Å²) in [5.74, 6) is -0.195. The molecule has 1 unspecified atom stereocenters. The van der Waals surface area contributed by atoms with Crippen LogP contribution >= 0.6 is 27.3 Å². The third-order valence-corrected chi connectivity index (χ3v) is 4.35. The minimum atomic E-state index is -0.450. The molecule has 0 aliphatic rings. The molecule has 0 bridgehead atoms. The van der Waals surface area contributed by atoms with Gasteiger partial charge in [-0.2, -0.15) is 0 Å². The van der Waals surface area contributed by atoms with Crippen molar-refractivity contribution in [2.24, 2.45) is 0 Å². The van der Waals surface area contributed by atoms with Crippen LogP contribution in [-0.4, -0.2) is 10.8 Å². The number of benzene rings is 1. The number of hydrogen-bond acceptors (Lipinski definition) is 4. The Morgan fingerprint density at radius 2 is 2.15 bits per heavy atom. The fraction of sp³-hybridized carbons (Fsp3) is 0.154. The average molecular weight is 355 g/mol. The van der Waals surface area contributed by atoms with E-state index in [1.54, 1.807) is 31.2 Å². The van der Waals surface area contributed by atoms with Crippen molar-refractivity contribution >= 4 is 38.9 Å². The van der Waals surface area contributed by atoms with E-state index in [1.807, 2.05) is 0 Å². The van der Waals surface area contributed by atoms with Gasteiger partial charge in [-0.15, -0.1) is 11.3 Å². The minimum Gasteiger partial charge on any atom is -0.345 e. The summed E-state index contributed by atoms with van der Waals surface area (Å²) in [5.41, 5.74) is 0.714. The van der Waals surface area contributed by atoms with E-state index in [-0.39, 0.29) is 17.6 Å². The van der Waals surface area contributed by atoms with Gasteiger partial charge in [-0.3, -0.25) is 14.9 Å². The van der Waals surface area contributed by atoms with Crippen LogP contribution in [-0.2, 0) is 0 Å². The molecule has 20 heavy (non-hydrogen) atoms. The number of nitrogens with one attached hydrogen (secondary N) is 1. The summed E-state index contributed by atoms with van der Waals surface area (Å²) in [4.78, 5) is 22.9. The van der Waals surface area contributed by atoms with Crippen LogP contribution < -0.4 is 5.32 Å². The number of carbonyl (C=O) groups excluding carboxylic acids is 1. The summed E-state index contributed by atoms with van der Waals surface area (Å²) in [6.45, 7) is 1.79. The van der Waals surface area contributed by atoms with Crippen molar-refractivity contribution in [1.82, 2.24) is 5.32 Å². The van der Waals surface area contributed by atoms with Crippen LogP contribution in [0.2, 0.25) is 0 Å². The topological polar surface area (TPSA) is 72.2 Å². The van der Waals surface area contributed by atoms with Crippen molar-refractivity contribution in [2.75, 3.05) is 0 Å². The maximum Gasteiger partial charge on any atom is 0.269 e. The zero-order valence-electron chi connectivity index (χ0n) is 10.5. The van der Waals surface area contributed by atoms with Gasteiger partial charge in [0.2, 0.25) is 0 Å². The van der Waals surface area contributed by atoms with Crippen LogP contribution in [0, 0.1) is 10.1 Å². The van der Waals surface area contributed by atoms with Crippen molar-refractivity contribution in [3.05, 3.63) is 60.7 Å². The largest absolute Gasteiger partial charge is 0.345 e. The number of nitro benzene ring substituents is 1. The molecule has 0 radical (unpaired) electrons. The van der Waals surface area contributed by atoms with Gasteiger partial charge in [0.25, 0.3) is 11.6 Å². The lowest BCUT2D eigenvalue weighted by atomic mass is 10.1. The van der Waals surface area contributed by atoms with Gasteiger partial charge in [0.15, 0.2) is 0 Å². The Morgan fingerprint density at radius 3 is 2.75 bits per heavy atom. The molecule has 1 amide bonds. The van der Waals surface area contributed by atoms with Gasteiger partial charge in [0, 0.05) is 12.1 Å². The number of rotatable bonds is 4. The van der Waals surface area contributed by atoms with E-state index >= 15 is 0 Å². The highest BCUT2D eigenvalue weighted by Gasteiger charge is 2.15. The first-order chi connectivity index (χ1) is 9.47. The second-order valence-electron chi connectivity index (χ2n) is 4.15. The second-order valence-corrected chi connectivity index (χ2v) is 6.61. The van der Waals surface area contributed by atoms with Crippen molar-refractivity contribution in [3.8, 4) is 0 Å². The lowest BCUT2D eigenvalue weighted by molar-refractivity contribution is -0.384. The standard InChI is InChI=1S/C13H11BrN2O3S/c1-8(9-3-2-4-10(7-9)16(18)19)15-13(17)11-5-6-12(14)20-11/h2-8H,1H3,(H,15,17). The van der Waals surface area contributed by atoms with E-state index in [2.05, 4.69) is 21.2 Å². The number of thiophene rings is 1. The third kappa shape index (κ3) is 3.43. The van der Waals surface area contributed by atoms with Crippen LogP contribution in [0.5, 0.6) is 0 Å². The fourth-order valence-corrected chi connectivity index (χ4v) is 2.98. The van der Waals surface area contributed by atoms with Gasteiger partial charge in [-0.05, 0) is 40.5 Å². The highest BCUT2D eigenvalue weighted by molar-refractivity contribution is 9.11. The molecule has 1 heterocycles. The van der Waals surface area contributed by atoms with E-state index in [9.17, 15) is 14.9 Å². The minimum absolute atomic E-state index is 0.0162. The summed E-state index contributed by atoms with van der Waals surface area (Å²) in [6, 6.07) is 9.48. The van der Waals surface area contributed by atoms with Gasteiger partial charge in [-0.25, -0.2) is 0 Å². The predicted octanol–water partition coefficient (Wildman–Crippen LogP) is 3.91. The number of non-ortho nitro benzene ring substituents is 1. The Kier molecular flexibility index (Phi) is 4.51. The maximum atomic E-state index is 12.0. The van der Waals surface area contributed by atoms with Crippen molar-refractivity contribution in [3.63, 3.8) is 0 Å². The Bertz CT molecular complexity index is 657. The molecule has 0 aliphatic heterocycles. The molecule has 7 heteroatoms. The Labute approximate surface area is 127 Å². The zero-order valence-corrected chi connectivity index (χ0v) is 12.9. The quantitative estimate of drug-likeness (QED) is 0.668. The highest BCUT2D eigenvalue weighted by atomic mass is 79.9. The summed E-state index contributed by atoms with van der Waals surface area (Å²) >= 11 is 4.64. The fourth-order valence-electron chi connectivity index (χ4n) is 1.70. The lowest BCUT2D eigenvalue weighted by Gasteiger charge is -2.13. The molecule has 0 saturated heterocycles. The molecule has 0 aliphatic carbocycles. The second kappa shape index (κ2) is 6.15. The average Bonchev–Trinajstić information content (AvgIpc) is 2.85. The SMILES string of the molecule is CC(NC(=O)c1ccc(Br)s1)c1cccc([N+](=O)[O-])c1. The molecule has 1 aromatic carbocycles. The maximum absolute atomic E-state index is 12.0. The number of hydrogen-bond donors (Lipinski definition) is 1. The van der Waals surface area contributed by atoms with Gasteiger partial charge in [0.1, 0.15) is 0 Å². The summed E-state index contributed by atoms with van der Waals surface area (Å²) in [5, 5.41) is 13.6. The van der Waals surface area contributed by atoms with Gasteiger partial charge in [0.05, 0.1) is 19.6 Å². The number of halogens is 1. The van der Waals surface area contributed by atoms with Crippen LogP contribution in [0.4, 0.5) is 5.69 Å². The molecular weight excluding hydrogens is 344 g/mol. The molecule has 1 atom stereocenters. The highest BCUT2D eigenvalue weighted by Crippen LogP contribution is 2.23. The normalized spacial score (nSPS) is 11.9. The lowest BCUT2D eigenvalue weighted by Crippen LogP contribution is -2.25. The van der Waals surface area contributed by atoms with E-state index in [0.29, 0.717) is 10.4 Å². The van der Waals surface area contributed by atoms with Crippen molar-refractivity contribution in [2.45, 2.75) is 13.0 Å². The number of amides is 1. The summed E-state index contributed by atoms with van der Waals surface area (Å²) in [6.07, 6.45) is 0. The molecule has 104 valence electrons. The van der Waals surface area contributed by atoms with Gasteiger partial charge in [-0.1, -0.05) is 12.1 Å². The van der Waals surface area contributed by atoms with Crippen LogP contribution in [0.15, 0.2) is 40.2 Å². The zero-order chi connectivity index (χ0) is 14.7. The number of carbonyl (C=O) groups is 1. The van der Waals surface area contributed by atoms with Crippen molar-refractivity contribution < 1.29 is 9.72 Å². The number of nitro groups is 1. The predicted molar refractivity (Wildman–Crippen MR) is 81.0 cm³/mol. The molecule has 2 aromatic rings. The first-order valence-corrected chi connectivity index (χ1v) is 7.39. The van der Waals surface area contributed by atoms with Gasteiger partial charge < -0.3 is 5.32 Å². The number of nitrogens with zero attached hydrogens (tertiary/aromatic N) is 1. The van der Waals surface area contributed by atoms with Gasteiger partial charge >= 0.3 is 0 Å². The molecule has 1 N–H and O–H groups in total. The van der Waals surface area contributed by atoms with Crippen molar-refractivity contribution in [1.29, 1.82) is 0 Å². The van der Waals surface area contributed by atoms with E-state index in [1.165, 1.54) is 23.5 Å². The Morgan fingerprint density at radius 1 is 1.40 bits per heavy atom. The molecule has 0 fully saturated rings. The van der Waals surface area contributed by atoms with E-state index in [0.717, 1.165) is 3.79 Å². The molecule has 5 nitrogen and oxygen atoms in total. The molecule has 0 spiro atoms. The Balaban J connectivity index is 2.12. The van der Waals surface area contributed by atoms with E-state index in [4.69, 9.17) is 0 Å². The Hall–Kier alpha value is -1.73. The smallest absolute Gasteiger partial charge is 0.269 e. The summed E-state index contributed by atoms with van der Waals surface area (Å²) in [7, 11) is 0. The summed E-state index contributed by atoms with van der Waals surface area (Å²) < 4.78 is 0.880. The van der Waals surface area contributed by atoms with E-state index < -0.39 is 4.92 Å². The molecule has 1 aromatic heterocycles. The molecular formula is C13H11BrN2O3S. The van der Waals surface area contributed by atoms with Crippen LogP contribution in [0.25, 0.3) is 0 Å². The van der Waals surface area contributed by atoms with Crippen LogP contribution in [0.3, 0.4) is 0 Å². The third-order valence-electron chi connectivity index (χ3n) is 2.73. The molecule has 2 rings (SSSR count).